The number of amides is 3. The second kappa shape index (κ2) is 11.0. The average Bonchev–Trinajstić information content (AvgIpc) is 3.66. The largest absolute Gasteiger partial charge is 0.477 e. The zero-order valence-electron chi connectivity index (χ0n) is 22.8. The minimum Gasteiger partial charge on any atom is -0.477 e. The number of aliphatic carboxylic acids is 1. The first-order valence-corrected chi connectivity index (χ1v) is 14.4. The lowest BCUT2D eigenvalue weighted by molar-refractivity contribution is -0.158. The molecule has 3 amide bonds. The van der Waals surface area contributed by atoms with Crippen LogP contribution in [0, 0.1) is 11.8 Å². The van der Waals surface area contributed by atoms with E-state index in [1.54, 1.807) is 11.8 Å². The second-order valence-electron chi connectivity index (χ2n) is 11.1. The minimum absolute atomic E-state index is 0.0242. The number of β-lactam (4-membered cyclic amide) rings is 1. The molecular weight excluding hydrogens is 583 g/mol. The van der Waals surface area contributed by atoms with Gasteiger partial charge in [0.25, 0.3) is 5.82 Å². The molecule has 1 unspecified atom stereocenters. The number of nitrogens with two attached hydrogens (primary N) is 2. The van der Waals surface area contributed by atoms with Crippen LogP contribution in [0.4, 0.5) is 19.1 Å². The van der Waals surface area contributed by atoms with Gasteiger partial charge < -0.3 is 37.0 Å². The number of aromatic nitrogens is 3. The molecule has 0 bridgehead atoms. The Bertz CT molecular complexity index is 1340. The van der Waals surface area contributed by atoms with Gasteiger partial charge in [-0.2, -0.15) is 18.2 Å². The van der Waals surface area contributed by atoms with Crippen LogP contribution in [0.15, 0.2) is 10.6 Å². The van der Waals surface area contributed by atoms with E-state index in [1.807, 2.05) is 6.92 Å². The average molecular weight is 616 g/mol. The molecule has 4 aliphatic heterocycles. The minimum atomic E-state index is -4.83. The normalized spacial score (nSPS) is 30.0. The molecule has 3 fully saturated rings. The molecule has 0 radical (unpaired) electrons. The van der Waals surface area contributed by atoms with E-state index >= 15 is 0 Å². The third kappa shape index (κ3) is 5.42. The molecule has 7 atom stereocenters. The zero-order valence-corrected chi connectivity index (χ0v) is 23.6. The van der Waals surface area contributed by atoms with E-state index in [1.165, 1.54) is 16.7 Å². The monoisotopic (exact) mass is 615 g/mol. The first kappa shape index (κ1) is 30.1. The summed E-state index contributed by atoms with van der Waals surface area (Å²) in [6.45, 7) is 4.34. The summed E-state index contributed by atoms with van der Waals surface area (Å²) in [5.41, 5.74) is 11.3. The van der Waals surface area contributed by atoms with Crippen LogP contribution in [-0.4, -0.2) is 102 Å². The number of hydrogen-bond acceptors (Lipinski definition) is 10. The number of alkyl halides is 3. The standard InChI is InChI=1S/C24H32F3N9O5S/c1-9-16-15(10(2)31-14(37)8-35-23(29)32-22(33-35)24(25,26)27)20(39)36(16)17(21(40)41)18(9)42-12-5-13(30-6-12)19(38)34-4-3-11(28)7-34/h9-13,15-16,30H,3-8,28H2,1-2H3,(H,31,37)(H,40,41)(H2,29,32,33)/t9-,10?,11-,12+,13+,15-,16-/m1/s1. The van der Waals surface area contributed by atoms with Crippen molar-refractivity contribution in [3.05, 3.63) is 16.4 Å². The summed E-state index contributed by atoms with van der Waals surface area (Å²) >= 11 is 1.34. The summed E-state index contributed by atoms with van der Waals surface area (Å²) < 4.78 is 39.2. The lowest BCUT2D eigenvalue weighted by Gasteiger charge is -2.47. The van der Waals surface area contributed by atoms with Gasteiger partial charge in [-0.3, -0.25) is 14.4 Å². The Balaban J connectivity index is 1.22. The fourth-order valence-corrected chi connectivity index (χ4v) is 7.66. The molecule has 3 saturated heterocycles. The number of nitrogen functional groups attached to an aromatic ring is 1. The smallest absolute Gasteiger partial charge is 0.453 e. The molecule has 0 spiro atoms. The van der Waals surface area contributed by atoms with Crippen molar-refractivity contribution < 1.29 is 37.5 Å². The van der Waals surface area contributed by atoms with E-state index in [2.05, 4.69) is 20.7 Å². The van der Waals surface area contributed by atoms with Gasteiger partial charge in [0.2, 0.25) is 23.7 Å². The summed E-state index contributed by atoms with van der Waals surface area (Å²) in [7, 11) is 0. The van der Waals surface area contributed by atoms with Crippen LogP contribution in [0.5, 0.6) is 0 Å². The number of nitrogens with one attached hydrogen (secondary N) is 2. The zero-order chi connectivity index (χ0) is 30.7. The molecule has 0 aromatic carbocycles. The van der Waals surface area contributed by atoms with Crippen LogP contribution in [0.3, 0.4) is 0 Å². The lowest BCUT2D eigenvalue weighted by atomic mass is 9.78. The Hall–Kier alpha value is -3.38. The van der Waals surface area contributed by atoms with Crippen LogP contribution in [0.2, 0.25) is 0 Å². The number of carboxylic acid groups (broad SMARTS) is 1. The molecule has 0 saturated carbocycles. The van der Waals surface area contributed by atoms with Gasteiger partial charge in [-0.05, 0) is 19.8 Å². The molecule has 5 heterocycles. The van der Waals surface area contributed by atoms with E-state index < -0.39 is 66.3 Å². The van der Waals surface area contributed by atoms with Gasteiger partial charge in [-0.15, -0.1) is 16.9 Å². The highest BCUT2D eigenvalue weighted by Gasteiger charge is 2.60. The molecule has 4 aliphatic rings. The fraction of sp³-hybridized carbons (Fsp3) is 0.667. The maximum absolute atomic E-state index is 13.2. The van der Waals surface area contributed by atoms with Gasteiger partial charge in [-0.1, -0.05) is 6.92 Å². The van der Waals surface area contributed by atoms with Gasteiger partial charge in [0.1, 0.15) is 12.2 Å². The van der Waals surface area contributed by atoms with E-state index in [-0.39, 0.29) is 28.8 Å². The number of fused-ring (bicyclic) bond motifs is 1. The van der Waals surface area contributed by atoms with Crippen molar-refractivity contribution >= 4 is 41.4 Å². The Kier molecular flexibility index (Phi) is 7.90. The Labute approximate surface area is 242 Å². The van der Waals surface area contributed by atoms with Crippen LogP contribution in [0.1, 0.15) is 32.5 Å². The quantitative estimate of drug-likeness (QED) is 0.229. The number of hydrogen-bond donors (Lipinski definition) is 5. The Morgan fingerprint density at radius 1 is 1.31 bits per heavy atom. The van der Waals surface area contributed by atoms with E-state index in [0.29, 0.717) is 35.6 Å². The van der Waals surface area contributed by atoms with Crippen molar-refractivity contribution in [2.75, 3.05) is 25.4 Å². The maximum atomic E-state index is 13.2. The predicted octanol–water partition coefficient (Wildman–Crippen LogP) is -0.820. The SMILES string of the molecule is CC(NC(=O)Cn1nc(C(F)(F)F)nc1N)[C@H]1C(=O)N2C(C(=O)O)=C(S[C@@H]3CN[C@H](C(=O)N4CC[C@@H](N)C4)C3)[C@H](C)[C@H]12. The topological polar surface area (TPSA) is 202 Å². The molecule has 14 nitrogen and oxygen atoms in total. The van der Waals surface area contributed by atoms with Gasteiger partial charge >= 0.3 is 12.1 Å². The number of halogens is 3. The summed E-state index contributed by atoms with van der Waals surface area (Å²) in [6, 6.07) is -1.73. The summed E-state index contributed by atoms with van der Waals surface area (Å²) in [5.74, 6) is -5.68. The van der Waals surface area contributed by atoms with Crippen molar-refractivity contribution in [2.45, 2.75) is 68.8 Å². The Morgan fingerprint density at radius 2 is 2.02 bits per heavy atom. The van der Waals surface area contributed by atoms with Crippen molar-refractivity contribution in [3.8, 4) is 0 Å². The third-order valence-electron chi connectivity index (χ3n) is 8.18. The highest BCUT2D eigenvalue weighted by molar-refractivity contribution is 8.03. The van der Waals surface area contributed by atoms with Crippen molar-refractivity contribution in [3.63, 3.8) is 0 Å². The molecular formula is C24H32F3N9O5S. The fourth-order valence-electron chi connectivity index (χ4n) is 6.18. The first-order valence-electron chi connectivity index (χ1n) is 13.5. The molecule has 42 heavy (non-hydrogen) atoms. The number of carbonyl (C=O) groups excluding carboxylic acids is 3. The molecule has 18 heteroatoms. The molecule has 1 aromatic heterocycles. The van der Waals surface area contributed by atoms with Gasteiger partial charge in [0.05, 0.1) is 18.0 Å². The summed E-state index contributed by atoms with van der Waals surface area (Å²) in [4.78, 5) is 57.6. The number of rotatable bonds is 8. The van der Waals surface area contributed by atoms with Crippen LogP contribution >= 0.6 is 11.8 Å². The number of nitrogens with zero attached hydrogens (tertiary/aromatic N) is 5. The number of carboxylic acids is 1. The number of carbonyl (C=O) groups is 4. The highest BCUT2D eigenvalue weighted by atomic mass is 32.2. The van der Waals surface area contributed by atoms with Crippen LogP contribution < -0.4 is 22.1 Å². The van der Waals surface area contributed by atoms with E-state index in [9.17, 15) is 37.5 Å². The summed E-state index contributed by atoms with van der Waals surface area (Å²) in [6.07, 6.45) is -3.59. The molecule has 1 aromatic rings. The van der Waals surface area contributed by atoms with Crippen LogP contribution in [0.25, 0.3) is 0 Å². The number of likely N-dealkylation sites (tertiary alicyclic amines) is 1. The first-order chi connectivity index (χ1) is 19.7. The molecule has 230 valence electrons. The summed E-state index contributed by atoms with van der Waals surface area (Å²) in [5, 5.41) is 19.0. The predicted molar refractivity (Wildman–Crippen MR) is 142 cm³/mol. The number of anilines is 1. The van der Waals surface area contributed by atoms with Crippen molar-refractivity contribution in [1.29, 1.82) is 0 Å². The molecule has 5 rings (SSSR count). The molecule has 0 aliphatic carbocycles. The van der Waals surface area contributed by atoms with Crippen molar-refractivity contribution in [2.24, 2.45) is 17.6 Å². The highest BCUT2D eigenvalue weighted by Crippen LogP contribution is 2.52. The second-order valence-corrected chi connectivity index (χ2v) is 12.4. The van der Waals surface area contributed by atoms with Gasteiger partial charge in [0, 0.05) is 47.8 Å². The van der Waals surface area contributed by atoms with Gasteiger partial charge in [-0.25, -0.2) is 9.48 Å². The Morgan fingerprint density at radius 3 is 2.62 bits per heavy atom. The van der Waals surface area contributed by atoms with Crippen LogP contribution in [-0.2, 0) is 31.9 Å². The van der Waals surface area contributed by atoms with Gasteiger partial charge in [0.15, 0.2) is 0 Å². The third-order valence-corrected chi connectivity index (χ3v) is 9.70. The number of thioether (sulfide) groups is 1. The maximum Gasteiger partial charge on any atom is 0.453 e. The lowest BCUT2D eigenvalue weighted by Crippen LogP contribution is -2.66. The van der Waals surface area contributed by atoms with Crippen molar-refractivity contribution in [1.82, 2.24) is 35.2 Å². The van der Waals surface area contributed by atoms with E-state index in [0.717, 1.165) is 6.42 Å². The van der Waals surface area contributed by atoms with E-state index in [4.69, 9.17) is 11.5 Å². The molecule has 7 N–H and O–H groups in total.